The largest absolute Gasteiger partial charge is 0.471 e. The van der Waals surface area contributed by atoms with Crippen LogP contribution in [0.4, 0.5) is 0 Å². The highest BCUT2D eigenvalue weighted by molar-refractivity contribution is 6.00. The van der Waals surface area contributed by atoms with Gasteiger partial charge in [0.1, 0.15) is 16.9 Å². The Morgan fingerprint density at radius 2 is 2.17 bits per heavy atom. The smallest absolute Gasteiger partial charge is 0.224 e. The average Bonchev–Trinajstić information content (AvgIpc) is 2.95. The van der Waals surface area contributed by atoms with Gasteiger partial charge in [0.2, 0.25) is 5.88 Å². The van der Waals surface area contributed by atoms with E-state index in [9.17, 15) is 4.79 Å². The summed E-state index contributed by atoms with van der Waals surface area (Å²) in [6.45, 7) is 3.76. The summed E-state index contributed by atoms with van der Waals surface area (Å²) in [6.07, 6.45) is 5.75. The first-order chi connectivity index (χ1) is 11.5. The molecule has 1 aliphatic heterocycles. The molecule has 118 valence electrons. The average molecular weight is 317 g/mol. The lowest BCUT2D eigenvalue weighted by atomic mass is 9.94. The number of imidazole rings is 1. The molecule has 0 atom stereocenters. The van der Waals surface area contributed by atoms with Crippen molar-refractivity contribution in [1.82, 2.24) is 14.4 Å². The molecule has 4 rings (SSSR count). The highest BCUT2D eigenvalue weighted by atomic mass is 16.5. The normalized spacial score (nSPS) is 15.3. The Labute approximate surface area is 139 Å². The monoisotopic (exact) mass is 317 g/mol. The number of ketones is 1. The molecule has 3 aromatic rings. The zero-order valence-electron chi connectivity index (χ0n) is 13.4. The van der Waals surface area contributed by atoms with Crippen molar-refractivity contribution >= 4 is 11.4 Å². The number of hydrogen-bond donors (Lipinski definition) is 0. The van der Waals surface area contributed by atoms with Gasteiger partial charge in [-0.2, -0.15) is 0 Å². The maximum Gasteiger partial charge on any atom is 0.224 e. The van der Waals surface area contributed by atoms with Crippen molar-refractivity contribution in [2.75, 3.05) is 0 Å². The Bertz CT molecular complexity index is 989. The summed E-state index contributed by atoms with van der Waals surface area (Å²) in [4.78, 5) is 20.9. The number of ether oxygens (including phenoxy) is 1. The number of carbonyl (C=O) groups excluding carboxylic acids is 1. The van der Waals surface area contributed by atoms with E-state index in [2.05, 4.69) is 21.8 Å². The van der Waals surface area contributed by atoms with Crippen LogP contribution < -0.4 is 4.74 Å². The molecule has 0 saturated heterocycles. The number of nitrogens with zero attached hydrogens (tertiary/aromatic N) is 3. The fraction of sp³-hybridized carbons (Fsp3) is 0.211. The van der Waals surface area contributed by atoms with Crippen LogP contribution in [-0.4, -0.2) is 25.8 Å². The van der Waals surface area contributed by atoms with Crippen LogP contribution in [0.2, 0.25) is 0 Å². The van der Waals surface area contributed by atoms with E-state index < -0.39 is 5.60 Å². The minimum absolute atomic E-state index is 0.0325. The lowest BCUT2D eigenvalue weighted by molar-refractivity contribution is 0.0590. The lowest BCUT2D eigenvalue weighted by Crippen LogP contribution is -2.36. The molecular weight excluding hydrogens is 302 g/mol. The minimum atomic E-state index is -0.513. The molecular formula is C19H15N3O2. The van der Waals surface area contributed by atoms with E-state index in [4.69, 9.17) is 4.74 Å². The predicted octanol–water partition coefficient (Wildman–Crippen LogP) is 2.87. The van der Waals surface area contributed by atoms with E-state index in [1.165, 1.54) is 0 Å². The van der Waals surface area contributed by atoms with Gasteiger partial charge in [0.05, 0.1) is 12.0 Å². The molecule has 1 aliphatic rings. The maximum absolute atomic E-state index is 12.3. The third-order valence-electron chi connectivity index (χ3n) is 3.81. The molecule has 0 N–H and O–H groups in total. The van der Waals surface area contributed by atoms with Crippen molar-refractivity contribution in [2.24, 2.45) is 0 Å². The molecule has 0 bridgehead atoms. The highest BCUT2D eigenvalue weighted by Gasteiger charge is 2.33. The van der Waals surface area contributed by atoms with Gasteiger partial charge in [-0.15, -0.1) is 0 Å². The second-order valence-electron chi connectivity index (χ2n) is 6.38. The van der Waals surface area contributed by atoms with Gasteiger partial charge in [0.25, 0.3) is 0 Å². The number of rotatable bonds is 0. The summed E-state index contributed by atoms with van der Waals surface area (Å²) in [7, 11) is 0. The predicted molar refractivity (Wildman–Crippen MR) is 89.1 cm³/mol. The Morgan fingerprint density at radius 1 is 1.29 bits per heavy atom. The molecule has 0 spiro atoms. The van der Waals surface area contributed by atoms with Crippen LogP contribution in [0.5, 0.6) is 5.88 Å². The quantitative estimate of drug-likeness (QED) is 0.598. The van der Waals surface area contributed by atoms with Crippen LogP contribution in [-0.2, 0) is 0 Å². The van der Waals surface area contributed by atoms with Gasteiger partial charge in [-0.1, -0.05) is 12.0 Å². The van der Waals surface area contributed by atoms with Gasteiger partial charge >= 0.3 is 0 Å². The molecule has 3 aromatic heterocycles. The zero-order chi connectivity index (χ0) is 16.7. The van der Waals surface area contributed by atoms with Crippen LogP contribution in [0.3, 0.4) is 0 Å². The van der Waals surface area contributed by atoms with Crippen LogP contribution in [0.15, 0.2) is 42.9 Å². The molecule has 0 radical (unpaired) electrons. The van der Waals surface area contributed by atoms with Crippen LogP contribution >= 0.6 is 0 Å². The molecule has 0 aromatic carbocycles. The van der Waals surface area contributed by atoms with E-state index in [1.54, 1.807) is 12.3 Å². The van der Waals surface area contributed by atoms with Crippen molar-refractivity contribution in [1.29, 1.82) is 0 Å². The number of hydrogen-bond acceptors (Lipinski definition) is 4. The SMILES string of the molecule is CC1(C)CC(=O)c2cc(C#Cc3cn4ccccc4n3)cnc2O1. The van der Waals surface area contributed by atoms with Crippen molar-refractivity contribution in [3.63, 3.8) is 0 Å². The molecule has 0 amide bonds. The minimum Gasteiger partial charge on any atom is -0.471 e. The first-order valence-corrected chi connectivity index (χ1v) is 7.68. The number of fused-ring (bicyclic) bond motifs is 2. The summed E-state index contributed by atoms with van der Waals surface area (Å²) in [6, 6.07) is 7.53. The Kier molecular flexibility index (Phi) is 3.14. The Hall–Kier alpha value is -3.13. The van der Waals surface area contributed by atoms with Gasteiger partial charge in [0, 0.05) is 24.2 Å². The first kappa shape index (κ1) is 14.5. The molecule has 4 heterocycles. The van der Waals surface area contributed by atoms with Crippen LogP contribution in [0.25, 0.3) is 5.65 Å². The number of pyridine rings is 2. The molecule has 24 heavy (non-hydrogen) atoms. The molecule has 0 fully saturated rings. The van der Waals surface area contributed by atoms with Gasteiger partial charge in [-0.05, 0) is 38.0 Å². The topological polar surface area (TPSA) is 56.5 Å². The zero-order valence-corrected chi connectivity index (χ0v) is 13.4. The van der Waals surface area contributed by atoms with E-state index in [-0.39, 0.29) is 5.78 Å². The second-order valence-corrected chi connectivity index (χ2v) is 6.38. The van der Waals surface area contributed by atoms with E-state index in [0.29, 0.717) is 29.1 Å². The molecule has 5 heteroatoms. The number of aromatic nitrogens is 3. The fourth-order valence-electron chi connectivity index (χ4n) is 2.71. The van der Waals surface area contributed by atoms with Crippen LogP contribution in [0, 0.1) is 11.8 Å². The summed E-state index contributed by atoms with van der Waals surface area (Å²) < 4.78 is 7.66. The van der Waals surface area contributed by atoms with Gasteiger partial charge in [0.15, 0.2) is 5.78 Å². The summed E-state index contributed by atoms with van der Waals surface area (Å²) in [5.74, 6) is 6.45. The Balaban J connectivity index is 1.67. The van der Waals surface area contributed by atoms with E-state index in [0.717, 1.165) is 5.65 Å². The maximum atomic E-state index is 12.3. The van der Waals surface area contributed by atoms with Crippen LogP contribution in [0.1, 0.15) is 41.9 Å². The van der Waals surface area contributed by atoms with Gasteiger partial charge in [-0.3, -0.25) is 4.79 Å². The molecule has 0 aliphatic carbocycles. The standard InChI is InChI=1S/C19H15N3O2/c1-19(2)10-16(23)15-9-13(11-20-18(15)24-19)6-7-14-12-22-8-4-3-5-17(22)21-14/h3-5,8-9,11-12H,10H2,1-2H3. The summed E-state index contributed by atoms with van der Waals surface area (Å²) in [5.41, 5.74) is 2.17. The third kappa shape index (κ3) is 2.63. The molecule has 0 unspecified atom stereocenters. The summed E-state index contributed by atoms with van der Waals surface area (Å²) in [5, 5.41) is 0. The van der Waals surface area contributed by atoms with Crippen molar-refractivity contribution in [3.8, 4) is 17.7 Å². The van der Waals surface area contributed by atoms with Crippen molar-refractivity contribution in [3.05, 3.63) is 59.7 Å². The second kappa shape index (κ2) is 5.20. The first-order valence-electron chi connectivity index (χ1n) is 7.68. The van der Waals surface area contributed by atoms with Crippen molar-refractivity contribution < 1.29 is 9.53 Å². The fourth-order valence-corrected chi connectivity index (χ4v) is 2.71. The summed E-state index contributed by atoms with van der Waals surface area (Å²) >= 11 is 0. The van der Waals surface area contributed by atoms with E-state index in [1.807, 2.05) is 48.8 Å². The molecule has 5 nitrogen and oxygen atoms in total. The number of Topliss-reactive ketones (excluding diaryl/α,β-unsaturated/α-hetero) is 1. The third-order valence-corrected chi connectivity index (χ3v) is 3.81. The lowest BCUT2D eigenvalue weighted by Gasteiger charge is -2.30. The van der Waals surface area contributed by atoms with Gasteiger partial charge in [-0.25, -0.2) is 9.97 Å². The van der Waals surface area contributed by atoms with Crippen molar-refractivity contribution in [2.45, 2.75) is 25.9 Å². The number of carbonyl (C=O) groups is 1. The van der Waals surface area contributed by atoms with Gasteiger partial charge < -0.3 is 9.14 Å². The van der Waals surface area contributed by atoms with E-state index >= 15 is 0 Å². The highest BCUT2D eigenvalue weighted by Crippen LogP contribution is 2.31. The Morgan fingerprint density at radius 3 is 3.00 bits per heavy atom. The molecule has 0 saturated carbocycles.